The summed E-state index contributed by atoms with van der Waals surface area (Å²) in [5.41, 5.74) is 1.69. The molecule has 1 nitrogen and oxygen atoms in total. The number of anilines is 1. The zero-order chi connectivity index (χ0) is 14.7. The van der Waals surface area contributed by atoms with Crippen molar-refractivity contribution in [3.8, 4) is 0 Å². The highest BCUT2D eigenvalue weighted by atomic mass is 19.1. The molecule has 0 bridgehead atoms. The van der Waals surface area contributed by atoms with Crippen LogP contribution >= 0.6 is 0 Å². The lowest BCUT2D eigenvalue weighted by Gasteiger charge is -2.39. The maximum Gasteiger partial charge on any atom is 0.128 e. The molecule has 2 unspecified atom stereocenters. The Bertz CT molecular complexity index is 465. The van der Waals surface area contributed by atoms with Crippen LogP contribution in [0.3, 0.4) is 0 Å². The van der Waals surface area contributed by atoms with Crippen LogP contribution in [0.25, 0.3) is 0 Å². The van der Waals surface area contributed by atoms with E-state index in [1.807, 2.05) is 19.1 Å². The second-order valence-electron chi connectivity index (χ2n) is 7.06. The molecule has 2 saturated carbocycles. The summed E-state index contributed by atoms with van der Waals surface area (Å²) in [4.78, 5) is 0. The summed E-state index contributed by atoms with van der Waals surface area (Å²) in [6.07, 6.45) is 12.4. The van der Waals surface area contributed by atoms with E-state index >= 15 is 0 Å². The molecule has 0 aromatic heterocycles. The van der Waals surface area contributed by atoms with Crippen molar-refractivity contribution in [2.24, 2.45) is 11.8 Å². The minimum Gasteiger partial charge on any atom is -0.382 e. The highest BCUT2D eigenvalue weighted by molar-refractivity contribution is 5.46. The topological polar surface area (TPSA) is 12.0 Å². The van der Waals surface area contributed by atoms with E-state index in [0.717, 1.165) is 23.1 Å². The van der Waals surface area contributed by atoms with Gasteiger partial charge >= 0.3 is 0 Å². The van der Waals surface area contributed by atoms with Crippen LogP contribution in [0.2, 0.25) is 0 Å². The molecule has 1 aromatic rings. The van der Waals surface area contributed by atoms with Gasteiger partial charge in [-0.1, -0.05) is 51.0 Å². The van der Waals surface area contributed by atoms with E-state index in [1.165, 1.54) is 57.8 Å². The molecule has 0 spiro atoms. The molecular weight excluding hydrogens is 261 g/mol. The first-order valence-corrected chi connectivity index (χ1v) is 8.77. The zero-order valence-corrected chi connectivity index (χ0v) is 13.2. The van der Waals surface area contributed by atoms with Gasteiger partial charge in [0, 0.05) is 11.7 Å². The average molecular weight is 289 g/mol. The van der Waals surface area contributed by atoms with Gasteiger partial charge in [0.1, 0.15) is 5.82 Å². The van der Waals surface area contributed by atoms with Crippen LogP contribution in [0.4, 0.5) is 10.1 Å². The van der Waals surface area contributed by atoms with Crippen LogP contribution in [0.5, 0.6) is 0 Å². The maximum atomic E-state index is 13.7. The SMILES string of the molecule is Cc1ccc(NC2CCCCC2C2CCCCC2)cc1F. The van der Waals surface area contributed by atoms with Crippen molar-refractivity contribution in [2.75, 3.05) is 5.32 Å². The summed E-state index contributed by atoms with van der Waals surface area (Å²) in [5.74, 6) is 1.60. The van der Waals surface area contributed by atoms with Gasteiger partial charge in [0.05, 0.1) is 0 Å². The van der Waals surface area contributed by atoms with Crippen LogP contribution in [0, 0.1) is 24.6 Å². The molecule has 2 heteroatoms. The lowest BCUT2D eigenvalue weighted by molar-refractivity contribution is 0.180. The number of benzene rings is 1. The van der Waals surface area contributed by atoms with Crippen LogP contribution in [0.15, 0.2) is 18.2 Å². The Labute approximate surface area is 128 Å². The van der Waals surface area contributed by atoms with Crippen LogP contribution < -0.4 is 5.32 Å². The zero-order valence-electron chi connectivity index (χ0n) is 13.2. The number of rotatable bonds is 3. The Hall–Kier alpha value is -1.05. The van der Waals surface area contributed by atoms with Crippen molar-refractivity contribution in [1.29, 1.82) is 0 Å². The molecule has 2 aliphatic rings. The third-order valence-electron chi connectivity index (χ3n) is 5.60. The molecule has 2 fully saturated rings. The van der Waals surface area contributed by atoms with Gasteiger partial charge in [0.2, 0.25) is 0 Å². The van der Waals surface area contributed by atoms with Crippen molar-refractivity contribution >= 4 is 5.69 Å². The highest BCUT2D eigenvalue weighted by Gasteiger charge is 2.32. The van der Waals surface area contributed by atoms with Gasteiger partial charge in [0.25, 0.3) is 0 Å². The third-order valence-corrected chi connectivity index (χ3v) is 5.60. The van der Waals surface area contributed by atoms with Crippen LogP contribution in [-0.4, -0.2) is 6.04 Å². The second kappa shape index (κ2) is 6.81. The molecule has 1 N–H and O–H groups in total. The predicted molar refractivity (Wildman–Crippen MR) is 87.1 cm³/mol. The Morgan fingerprint density at radius 2 is 1.67 bits per heavy atom. The van der Waals surface area contributed by atoms with E-state index in [1.54, 1.807) is 6.07 Å². The Balaban J connectivity index is 1.69. The quantitative estimate of drug-likeness (QED) is 0.754. The number of hydrogen-bond acceptors (Lipinski definition) is 1. The molecule has 2 atom stereocenters. The van der Waals surface area contributed by atoms with E-state index in [2.05, 4.69) is 5.32 Å². The van der Waals surface area contributed by atoms with Gasteiger partial charge < -0.3 is 5.32 Å². The maximum absolute atomic E-state index is 13.7. The summed E-state index contributed by atoms with van der Waals surface area (Å²) >= 11 is 0. The molecular formula is C19H28FN. The average Bonchev–Trinajstić information content (AvgIpc) is 2.52. The molecule has 2 aliphatic carbocycles. The number of hydrogen-bond donors (Lipinski definition) is 1. The number of halogens is 1. The summed E-state index contributed by atoms with van der Waals surface area (Å²) in [7, 11) is 0. The minimum absolute atomic E-state index is 0.0926. The number of aryl methyl sites for hydroxylation is 1. The lowest BCUT2D eigenvalue weighted by Crippen LogP contribution is -2.37. The van der Waals surface area contributed by atoms with E-state index < -0.39 is 0 Å². The lowest BCUT2D eigenvalue weighted by atomic mass is 9.71. The Morgan fingerprint density at radius 1 is 0.952 bits per heavy atom. The molecule has 0 aliphatic heterocycles. The fourth-order valence-electron chi connectivity index (χ4n) is 4.36. The van der Waals surface area contributed by atoms with E-state index in [0.29, 0.717) is 6.04 Å². The van der Waals surface area contributed by atoms with Crippen molar-refractivity contribution < 1.29 is 4.39 Å². The van der Waals surface area contributed by atoms with E-state index in [4.69, 9.17) is 0 Å². The summed E-state index contributed by atoms with van der Waals surface area (Å²) < 4.78 is 13.7. The van der Waals surface area contributed by atoms with Crippen molar-refractivity contribution in [3.63, 3.8) is 0 Å². The summed E-state index contributed by atoms with van der Waals surface area (Å²) in [6.45, 7) is 1.82. The highest BCUT2D eigenvalue weighted by Crippen LogP contribution is 2.39. The standard InChI is InChI=1S/C19H28FN/c1-14-11-12-16(13-18(14)20)21-19-10-6-5-9-17(19)15-7-3-2-4-8-15/h11-13,15,17,19,21H,2-10H2,1H3. The molecule has 116 valence electrons. The van der Waals surface area contributed by atoms with Gasteiger partial charge in [0.15, 0.2) is 0 Å². The van der Waals surface area contributed by atoms with Crippen molar-refractivity contribution in [2.45, 2.75) is 70.8 Å². The molecule has 0 amide bonds. The van der Waals surface area contributed by atoms with Gasteiger partial charge in [-0.15, -0.1) is 0 Å². The largest absolute Gasteiger partial charge is 0.382 e. The first-order valence-electron chi connectivity index (χ1n) is 8.77. The van der Waals surface area contributed by atoms with Gasteiger partial charge in [-0.05, 0) is 49.3 Å². The fourth-order valence-corrected chi connectivity index (χ4v) is 4.36. The molecule has 21 heavy (non-hydrogen) atoms. The van der Waals surface area contributed by atoms with Crippen LogP contribution in [0.1, 0.15) is 63.4 Å². The first-order chi connectivity index (χ1) is 10.2. The van der Waals surface area contributed by atoms with Gasteiger partial charge in [-0.2, -0.15) is 0 Å². The third kappa shape index (κ3) is 3.59. The van der Waals surface area contributed by atoms with Gasteiger partial charge in [-0.3, -0.25) is 0 Å². The summed E-state index contributed by atoms with van der Waals surface area (Å²) in [5, 5.41) is 3.66. The summed E-state index contributed by atoms with van der Waals surface area (Å²) in [6, 6.07) is 6.13. The molecule has 0 radical (unpaired) electrons. The second-order valence-corrected chi connectivity index (χ2v) is 7.06. The molecule has 0 saturated heterocycles. The number of nitrogens with one attached hydrogen (secondary N) is 1. The minimum atomic E-state index is -0.0926. The first kappa shape index (κ1) is 14.9. The Kier molecular flexibility index (Phi) is 4.82. The smallest absolute Gasteiger partial charge is 0.128 e. The monoisotopic (exact) mass is 289 g/mol. The normalized spacial score (nSPS) is 27.5. The fraction of sp³-hybridized carbons (Fsp3) is 0.684. The Morgan fingerprint density at radius 3 is 2.43 bits per heavy atom. The van der Waals surface area contributed by atoms with Gasteiger partial charge in [-0.25, -0.2) is 4.39 Å². The molecule has 3 rings (SSSR count). The van der Waals surface area contributed by atoms with E-state index in [-0.39, 0.29) is 5.82 Å². The molecule has 1 aromatic carbocycles. The van der Waals surface area contributed by atoms with E-state index in [9.17, 15) is 4.39 Å². The van der Waals surface area contributed by atoms with Crippen molar-refractivity contribution in [3.05, 3.63) is 29.6 Å². The predicted octanol–water partition coefficient (Wildman–Crippen LogP) is 5.69. The van der Waals surface area contributed by atoms with Crippen LogP contribution in [-0.2, 0) is 0 Å². The van der Waals surface area contributed by atoms with Crippen molar-refractivity contribution in [1.82, 2.24) is 0 Å². The molecule has 0 heterocycles.